The van der Waals surface area contributed by atoms with Gasteiger partial charge in [0.15, 0.2) is 0 Å². The zero-order valence-corrected chi connectivity index (χ0v) is 16.3. The molecule has 0 aliphatic rings. The number of hydrogen-bond donors (Lipinski definition) is 2. The third kappa shape index (κ3) is 13.6. The van der Waals surface area contributed by atoms with E-state index < -0.39 is 36.4 Å². The molecule has 0 aromatic carbocycles. The van der Waals surface area contributed by atoms with E-state index in [9.17, 15) is 14.0 Å². The van der Waals surface area contributed by atoms with Crippen LogP contribution in [0.2, 0.25) is 0 Å². The molecule has 0 radical (unpaired) electrons. The highest BCUT2D eigenvalue weighted by molar-refractivity contribution is 5.75. The van der Waals surface area contributed by atoms with Crippen LogP contribution < -0.4 is 10.6 Å². The highest BCUT2D eigenvalue weighted by Gasteiger charge is 2.21. The summed E-state index contributed by atoms with van der Waals surface area (Å²) >= 11 is 0. The van der Waals surface area contributed by atoms with Crippen LogP contribution in [0.25, 0.3) is 0 Å². The number of nitrogens with one attached hydrogen (secondary N) is 2. The number of unbranched alkanes of at least 4 members (excludes halogenated alkanes) is 3. The summed E-state index contributed by atoms with van der Waals surface area (Å²) in [6, 6.07) is -1.05. The van der Waals surface area contributed by atoms with Crippen molar-refractivity contribution in [2.75, 3.05) is 19.8 Å². The zero-order chi connectivity index (χ0) is 19.3. The van der Waals surface area contributed by atoms with Gasteiger partial charge in [0.2, 0.25) is 0 Å². The van der Waals surface area contributed by atoms with Crippen LogP contribution in [0.1, 0.15) is 66.7 Å². The fourth-order valence-electron chi connectivity index (χ4n) is 2.06. The number of carbonyl (C=O) groups excluding carboxylic acids is 2. The lowest BCUT2D eigenvalue weighted by Gasteiger charge is -2.23. The molecule has 25 heavy (non-hydrogen) atoms. The largest absolute Gasteiger partial charge is 0.462 e. The van der Waals surface area contributed by atoms with Gasteiger partial charge >= 0.3 is 12.1 Å². The van der Waals surface area contributed by atoms with Crippen LogP contribution in [0.15, 0.2) is 0 Å². The summed E-state index contributed by atoms with van der Waals surface area (Å²) in [5.74, 6) is -0.412. The molecule has 2 atom stereocenters. The summed E-state index contributed by atoms with van der Waals surface area (Å²) < 4.78 is 23.0. The van der Waals surface area contributed by atoms with Crippen molar-refractivity contribution in [2.45, 2.75) is 84.4 Å². The molecule has 6 nitrogen and oxygen atoms in total. The summed E-state index contributed by atoms with van der Waals surface area (Å²) in [4.78, 5) is 23.7. The van der Waals surface area contributed by atoms with Crippen LogP contribution in [0, 0.1) is 0 Å². The second-order valence-corrected chi connectivity index (χ2v) is 7.19. The van der Waals surface area contributed by atoms with Crippen molar-refractivity contribution >= 4 is 12.1 Å². The molecular weight excluding hydrogens is 327 g/mol. The molecule has 0 bridgehead atoms. The van der Waals surface area contributed by atoms with Gasteiger partial charge in [-0.05, 0) is 47.1 Å². The first-order valence-electron chi connectivity index (χ1n) is 9.15. The molecular formula is C18H35FN2O4. The smallest absolute Gasteiger partial charge is 0.407 e. The van der Waals surface area contributed by atoms with Gasteiger partial charge in [-0.3, -0.25) is 9.18 Å². The van der Waals surface area contributed by atoms with Crippen molar-refractivity contribution in [1.82, 2.24) is 10.6 Å². The van der Waals surface area contributed by atoms with Crippen LogP contribution in [0.3, 0.4) is 0 Å². The first kappa shape index (κ1) is 23.6. The maximum absolute atomic E-state index is 12.6. The number of esters is 1. The minimum Gasteiger partial charge on any atom is -0.462 e. The maximum Gasteiger partial charge on any atom is 0.407 e. The number of ether oxygens (including phenoxy) is 2. The average molecular weight is 362 g/mol. The first-order chi connectivity index (χ1) is 11.7. The highest BCUT2D eigenvalue weighted by Crippen LogP contribution is 2.07. The van der Waals surface area contributed by atoms with Gasteiger partial charge in [0.05, 0.1) is 12.7 Å². The summed E-state index contributed by atoms with van der Waals surface area (Å²) in [5, 5.41) is 5.64. The van der Waals surface area contributed by atoms with Gasteiger partial charge in [-0.1, -0.05) is 26.2 Å². The summed E-state index contributed by atoms with van der Waals surface area (Å²) in [5.41, 5.74) is -0.642. The molecule has 0 saturated heterocycles. The molecule has 148 valence electrons. The Balaban J connectivity index is 4.18. The normalized spacial score (nSPS) is 13.8. The molecule has 0 aliphatic heterocycles. The van der Waals surface area contributed by atoms with E-state index in [1.807, 2.05) is 0 Å². The molecule has 0 spiro atoms. The van der Waals surface area contributed by atoms with Gasteiger partial charge in [0.25, 0.3) is 0 Å². The molecule has 0 fully saturated rings. The number of alkyl halides is 1. The molecule has 0 aliphatic carbocycles. The molecule has 2 N–H and O–H groups in total. The van der Waals surface area contributed by atoms with Crippen LogP contribution in [0.5, 0.6) is 0 Å². The van der Waals surface area contributed by atoms with E-state index in [-0.39, 0.29) is 13.0 Å². The number of amides is 1. The van der Waals surface area contributed by atoms with E-state index in [2.05, 4.69) is 17.6 Å². The number of rotatable bonds is 12. The first-order valence-corrected chi connectivity index (χ1v) is 9.15. The van der Waals surface area contributed by atoms with Crippen LogP contribution >= 0.6 is 0 Å². The van der Waals surface area contributed by atoms with Crippen molar-refractivity contribution in [3.05, 3.63) is 0 Å². The summed E-state index contributed by atoms with van der Waals surface area (Å²) in [7, 11) is 0. The minimum absolute atomic E-state index is 0.0609. The quantitative estimate of drug-likeness (QED) is 0.411. The van der Waals surface area contributed by atoms with E-state index in [0.29, 0.717) is 0 Å². The van der Waals surface area contributed by atoms with Crippen LogP contribution in [-0.4, -0.2) is 49.6 Å². The van der Waals surface area contributed by atoms with Crippen molar-refractivity contribution in [1.29, 1.82) is 0 Å². The van der Waals surface area contributed by atoms with Crippen molar-refractivity contribution in [2.24, 2.45) is 0 Å². The fraction of sp³-hybridized carbons (Fsp3) is 0.889. The maximum atomic E-state index is 12.6. The molecule has 0 aromatic rings. The highest BCUT2D eigenvalue weighted by atomic mass is 19.1. The molecule has 0 saturated carbocycles. The number of halogens is 1. The Hall–Kier alpha value is -1.37. The number of carbonyl (C=O) groups is 2. The molecule has 0 aromatic heterocycles. The van der Waals surface area contributed by atoms with E-state index in [4.69, 9.17) is 9.47 Å². The van der Waals surface area contributed by atoms with E-state index in [0.717, 1.165) is 25.8 Å². The van der Waals surface area contributed by atoms with Gasteiger partial charge in [0.1, 0.15) is 18.2 Å². The SMILES string of the molecule is CCCCCCN[C@@H](C)C(=O)OC[C@@H](CCF)NC(=O)OC(C)(C)C. The minimum atomic E-state index is -0.649. The molecule has 0 heterocycles. The Morgan fingerprint density at radius 3 is 2.40 bits per heavy atom. The summed E-state index contributed by atoms with van der Waals surface area (Å²) in [6.07, 6.45) is 3.90. The lowest BCUT2D eigenvalue weighted by atomic mass is 10.2. The third-order valence-electron chi connectivity index (χ3n) is 3.44. The Kier molecular flexibility index (Phi) is 12.2. The van der Waals surface area contributed by atoms with Crippen LogP contribution in [0.4, 0.5) is 9.18 Å². The molecule has 0 rings (SSSR count). The van der Waals surface area contributed by atoms with E-state index in [1.165, 1.54) is 6.42 Å². The molecule has 1 amide bonds. The molecule has 0 unspecified atom stereocenters. The van der Waals surface area contributed by atoms with Crippen molar-refractivity contribution < 1.29 is 23.5 Å². The lowest BCUT2D eigenvalue weighted by molar-refractivity contribution is -0.146. The van der Waals surface area contributed by atoms with Gasteiger partial charge in [-0.25, -0.2) is 4.79 Å². The summed E-state index contributed by atoms with van der Waals surface area (Å²) in [6.45, 7) is 9.15. The third-order valence-corrected chi connectivity index (χ3v) is 3.44. The van der Waals surface area contributed by atoms with Gasteiger partial charge < -0.3 is 20.1 Å². The van der Waals surface area contributed by atoms with E-state index >= 15 is 0 Å². The predicted octanol–water partition coefficient (Wildman–Crippen LogP) is 3.34. The number of hydrogen-bond acceptors (Lipinski definition) is 5. The van der Waals surface area contributed by atoms with E-state index in [1.54, 1.807) is 27.7 Å². The second kappa shape index (κ2) is 12.9. The predicted molar refractivity (Wildman–Crippen MR) is 96.3 cm³/mol. The van der Waals surface area contributed by atoms with Crippen molar-refractivity contribution in [3.63, 3.8) is 0 Å². The Labute approximate surface area is 151 Å². The van der Waals surface area contributed by atoms with Crippen LogP contribution in [-0.2, 0) is 14.3 Å². The number of alkyl carbamates (subject to hydrolysis) is 1. The fourth-order valence-corrected chi connectivity index (χ4v) is 2.06. The average Bonchev–Trinajstić information content (AvgIpc) is 2.50. The van der Waals surface area contributed by atoms with Crippen molar-refractivity contribution in [3.8, 4) is 0 Å². The second-order valence-electron chi connectivity index (χ2n) is 7.19. The van der Waals surface area contributed by atoms with Gasteiger partial charge in [0, 0.05) is 0 Å². The Bertz CT molecular complexity index is 386. The Morgan fingerprint density at radius 2 is 1.84 bits per heavy atom. The topological polar surface area (TPSA) is 76.7 Å². The standard InChI is InChI=1S/C18H35FN2O4/c1-6-7-8-9-12-20-14(2)16(22)24-13-15(10-11-19)21-17(23)25-18(3,4)5/h14-15,20H,6-13H2,1-5H3,(H,21,23)/t14-,15+/m0/s1. The monoisotopic (exact) mass is 362 g/mol. The zero-order valence-electron chi connectivity index (χ0n) is 16.3. The van der Waals surface area contributed by atoms with Gasteiger partial charge in [-0.15, -0.1) is 0 Å². The Morgan fingerprint density at radius 1 is 1.16 bits per heavy atom. The van der Waals surface area contributed by atoms with Gasteiger partial charge in [-0.2, -0.15) is 0 Å². The molecule has 7 heteroatoms. The lowest BCUT2D eigenvalue weighted by Crippen LogP contribution is -2.43.